The summed E-state index contributed by atoms with van der Waals surface area (Å²) >= 11 is 0. The number of benzene rings is 3. The maximum Gasteiger partial charge on any atom is 0.391 e. The van der Waals surface area contributed by atoms with Crippen LogP contribution in [-0.4, -0.2) is 39.4 Å². The van der Waals surface area contributed by atoms with E-state index in [9.17, 15) is 13.2 Å². The lowest BCUT2D eigenvalue weighted by atomic mass is 9.96. The molecule has 0 radical (unpaired) electrons. The molecule has 6 rings (SSSR count). The molecule has 1 aliphatic rings. The lowest BCUT2D eigenvalue weighted by molar-refractivity contribution is -0.179. The highest BCUT2D eigenvalue weighted by molar-refractivity contribution is 5.94. The van der Waals surface area contributed by atoms with E-state index in [0.29, 0.717) is 31.2 Å². The lowest BCUT2D eigenvalue weighted by Crippen LogP contribution is -2.38. The van der Waals surface area contributed by atoms with Gasteiger partial charge in [-0.3, -0.25) is 5.10 Å². The van der Waals surface area contributed by atoms with Crippen molar-refractivity contribution >= 4 is 27.6 Å². The monoisotopic (exact) mass is 491 g/mol. The Hall–Kier alpha value is -4.01. The average molecular weight is 492 g/mol. The van der Waals surface area contributed by atoms with Crippen molar-refractivity contribution in [2.75, 3.05) is 18.0 Å². The average Bonchev–Trinajstić information content (AvgIpc) is 3.51. The molecule has 0 bridgehead atoms. The topological polar surface area (TPSA) is 69.8 Å². The van der Waals surface area contributed by atoms with Gasteiger partial charge < -0.3 is 14.6 Å². The van der Waals surface area contributed by atoms with Gasteiger partial charge in [0.05, 0.1) is 22.5 Å². The molecule has 184 valence electrons. The molecule has 0 unspecified atom stereocenters. The standard InChI is InChI=1S/C27H24F3N5O/c28-27(29,30)18-10-12-35(13-11-18)19-6-8-23-24(14-19)32-26(31-23)25-21-15-20(7-9-22(21)33-34-25)36-16-17-4-2-1-3-5-17/h1-9,14-15,18H,10-13,16H2,(H,31,32)(H,33,34). The molecule has 6 nitrogen and oxygen atoms in total. The first-order valence-electron chi connectivity index (χ1n) is 11.9. The summed E-state index contributed by atoms with van der Waals surface area (Å²) in [5, 5.41) is 8.40. The molecule has 0 aliphatic carbocycles. The fourth-order valence-electron chi connectivity index (χ4n) is 4.78. The number of fused-ring (bicyclic) bond motifs is 2. The van der Waals surface area contributed by atoms with Crippen LogP contribution in [0.5, 0.6) is 5.75 Å². The Labute approximate surface area is 205 Å². The number of hydrogen-bond donors (Lipinski definition) is 2. The Bertz CT molecular complexity index is 1500. The molecule has 2 N–H and O–H groups in total. The van der Waals surface area contributed by atoms with Gasteiger partial charge in [0.25, 0.3) is 0 Å². The second-order valence-electron chi connectivity index (χ2n) is 9.14. The second-order valence-corrected chi connectivity index (χ2v) is 9.14. The fourth-order valence-corrected chi connectivity index (χ4v) is 4.78. The molecular formula is C27H24F3N5O. The molecule has 1 saturated heterocycles. The van der Waals surface area contributed by atoms with Crippen LogP contribution < -0.4 is 9.64 Å². The van der Waals surface area contributed by atoms with E-state index in [1.165, 1.54) is 0 Å². The fraction of sp³-hybridized carbons (Fsp3) is 0.259. The summed E-state index contributed by atoms with van der Waals surface area (Å²) in [4.78, 5) is 10.1. The van der Waals surface area contributed by atoms with Gasteiger partial charge in [0.1, 0.15) is 18.1 Å². The van der Waals surface area contributed by atoms with Crippen molar-refractivity contribution in [2.24, 2.45) is 5.92 Å². The number of hydrogen-bond acceptors (Lipinski definition) is 4. The summed E-state index contributed by atoms with van der Waals surface area (Å²) in [6.45, 7) is 1.23. The second kappa shape index (κ2) is 8.89. The van der Waals surface area contributed by atoms with Crippen LogP contribution >= 0.6 is 0 Å². The quantitative estimate of drug-likeness (QED) is 0.296. The summed E-state index contributed by atoms with van der Waals surface area (Å²) in [5.74, 6) is 0.129. The molecule has 1 fully saturated rings. The van der Waals surface area contributed by atoms with Gasteiger partial charge in [-0.2, -0.15) is 18.3 Å². The van der Waals surface area contributed by atoms with E-state index in [4.69, 9.17) is 9.72 Å². The number of H-pyrrole nitrogens is 2. The maximum atomic E-state index is 13.0. The van der Waals surface area contributed by atoms with Gasteiger partial charge in [-0.1, -0.05) is 30.3 Å². The maximum absolute atomic E-state index is 13.0. The molecule has 0 atom stereocenters. The van der Waals surface area contributed by atoms with Crippen LogP contribution in [0.15, 0.2) is 66.7 Å². The molecule has 3 heterocycles. The van der Waals surface area contributed by atoms with Crippen molar-refractivity contribution in [3.63, 3.8) is 0 Å². The molecule has 36 heavy (non-hydrogen) atoms. The van der Waals surface area contributed by atoms with Gasteiger partial charge >= 0.3 is 6.18 Å². The normalized spacial score (nSPS) is 15.1. The number of imidazole rings is 1. The lowest BCUT2D eigenvalue weighted by Gasteiger charge is -2.34. The smallest absolute Gasteiger partial charge is 0.391 e. The van der Waals surface area contributed by atoms with Gasteiger partial charge in [-0.05, 0) is 54.8 Å². The largest absolute Gasteiger partial charge is 0.489 e. The Morgan fingerprint density at radius 2 is 1.75 bits per heavy atom. The predicted molar refractivity (Wildman–Crippen MR) is 133 cm³/mol. The van der Waals surface area contributed by atoms with E-state index in [2.05, 4.69) is 15.2 Å². The van der Waals surface area contributed by atoms with E-state index in [-0.39, 0.29) is 12.8 Å². The third kappa shape index (κ3) is 4.36. The van der Waals surface area contributed by atoms with E-state index >= 15 is 0 Å². The van der Waals surface area contributed by atoms with Crippen LogP contribution in [0, 0.1) is 5.92 Å². The Balaban J connectivity index is 1.24. The number of anilines is 1. The van der Waals surface area contributed by atoms with Gasteiger partial charge in [0, 0.05) is 24.2 Å². The number of aromatic amines is 2. The highest BCUT2D eigenvalue weighted by Gasteiger charge is 2.41. The summed E-state index contributed by atoms with van der Waals surface area (Å²) < 4.78 is 45.1. The minimum atomic E-state index is -4.12. The predicted octanol–water partition coefficient (Wildman–Crippen LogP) is 6.46. The van der Waals surface area contributed by atoms with Crippen LogP contribution in [-0.2, 0) is 6.61 Å². The van der Waals surface area contributed by atoms with Crippen molar-refractivity contribution < 1.29 is 17.9 Å². The summed E-state index contributed by atoms with van der Waals surface area (Å²) in [5.41, 5.74) is 5.10. The molecule has 2 aromatic heterocycles. The minimum absolute atomic E-state index is 0.115. The van der Waals surface area contributed by atoms with Crippen molar-refractivity contribution in [3.8, 4) is 17.3 Å². The minimum Gasteiger partial charge on any atom is -0.489 e. The Morgan fingerprint density at radius 1 is 0.944 bits per heavy atom. The van der Waals surface area contributed by atoms with Gasteiger partial charge in [0.2, 0.25) is 0 Å². The molecule has 5 aromatic rings. The van der Waals surface area contributed by atoms with Crippen LogP contribution in [0.3, 0.4) is 0 Å². The van der Waals surface area contributed by atoms with Crippen LogP contribution in [0.2, 0.25) is 0 Å². The number of nitrogens with zero attached hydrogens (tertiary/aromatic N) is 3. The summed E-state index contributed by atoms with van der Waals surface area (Å²) in [6.07, 6.45) is -3.89. The number of piperidine rings is 1. The highest BCUT2D eigenvalue weighted by Crippen LogP contribution is 2.36. The summed E-state index contributed by atoms with van der Waals surface area (Å²) in [6, 6.07) is 21.5. The van der Waals surface area contributed by atoms with Crippen LogP contribution in [0.4, 0.5) is 18.9 Å². The van der Waals surface area contributed by atoms with E-state index in [1.807, 2.05) is 71.6 Å². The zero-order chi connectivity index (χ0) is 24.7. The molecule has 0 amide bonds. The van der Waals surface area contributed by atoms with Crippen LogP contribution in [0.1, 0.15) is 18.4 Å². The Kier molecular flexibility index (Phi) is 5.55. The van der Waals surface area contributed by atoms with E-state index in [0.717, 1.165) is 38.9 Å². The first kappa shape index (κ1) is 22.5. The number of halogens is 3. The van der Waals surface area contributed by atoms with Gasteiger partial charge in [0.15, 0.2) is 5.82 Å². The van der Waals surface area contributed by atoms with Gasteiger partial charge in [-0.25, -0.2) is 4.98 Å². The molecule has 0 spiro atoms. The first-order chi connectivity index (χ1) is 17.4. The van der Waals surface area contributed by atoms with Crippen molar-refractivity contribution in [2.45, 2.75) is 25.6 Å². The zero-order valence-electron chi connectivity index (χ0n) is 19.3. The molecule has 9 heteroatoms. The van der Waals surface area contributed by atoms with E-state index in [1.54, 1.807) is 0 Å². The SMILES string of the molecule is FC(F)(F)C1CCN(c2ccc3nc(-c4n[nH]c5ccc(OCc6ccccc6)cc45)[nH]c3c2)CC1. The first-order valence-corrected chi connectivity index (χ1v) is 11.9. The number of alkyl halides is 3. The number of rotatable bonds is 5. The third-order valence-corrected chi connectivity index (χ3v) is 6.80. The summed E-state index contributed by atoms with van der Waals surface area (Å²) in [7, 11) is 0. The molecular weight excluding hydrogens is 467 g/mol. The van der Waals surface area contributed by atoms with Crippen molar-refractivity contribution in [1.82, 2.24) is 20.2 Å². The van der Waals surface area contributed by atoms with Crippen molar-refractivity contribution in [3.05, 3.63) is 72.3 Å². The molecule has 1 aliphatic heterocycles. The number of aromatic nitrogens is 4. The molecule has 3 aromatic carbocycles. The Morgan fingerprint density at radius 3 is 2.53 bits per heavy atom. The third-order valence-electron chi connectivity index (χ3n) is 6.80. The van der Waals surface area contributed by atoms with E-state index < -0.39 is 12.1 Å². The number of ether oxygens (including phenoxy) is 1. The zero-order valence-corrected chi connectivity index (χ0v) is 19.3. The van der Waals surface area contributed by atoms with Crippen molar-refractivity contribution in [1.29, 1.82) is 0 Å². The van der Waals surface area contributed by atoms with Crippen LogP contribution in [0.25, 0.3) is 33.5 Å². The van der Waals surface area contributed by atoms with Gasteiger partial charge in [-0.15, -0.1) is 0 Å². The highest BCUT2D eigenvalue weighted by atomic mass is 19.4. The number of nitrogens with one attached hydrogen (secondary N) is 2. The molecule has 0 saturated carbocycles.